The summed E-state index contributed by atoms with van der Waals surface area (Å²) in [5.74, 6) is 0. The molecule has 1 atom stereocenters. The zero-order valence-electron chi connectivity index (χ0n) is 12.2. The molecule has 2 heteroatoms. The standard InChI is InChI=1S/C17H26ClN/c1-3-17(11-7-8-12-17)16(19-4-2)13-14-9-5-6-10-15(14)18/h5-6,9-10,16,19H,3-4,7-8,11-13H2,1-2H3. The molecule has 0 bridgehead atoms. The minimum absolute atomic E-state index is 0.481. The Bertz CT molecular complexity index is 396. The largest absolute Gasteiger partial charge is 0.313 e. The van der Waals surface area contributed by atoms with E-state index in [2.05, 4.69) is 31.3 Å². The molecule has 0 saturated heterocycles. The fourth-order valence-corrected chi connectivity index (χ4v) is 3.88. The molecule has 106 valence electrons. The molecule has 1 unspecified atom stereocenters. The molecule has 1 nitrogen and oxygen atoms in total. The van der Waals surface area contributed by atoms with E-state index >= 15 is 0 Å². The van der Waals surface area contributed by atoms with Crippen molar-refractivity contribution in [3.05, 3.63) is 34.9 Å². The van der Waals surface area contributed by atoms with Crippen molar-refractivity contribution in [3.63, 3.8) is 0 Å². The van der Waals surface area contributed by atoms with E-state index in [0.717, 1.165) is 18.0 Å². The second-order valence-electron chi connectivity index (χ2n) is 5.83. The highest BCUT2D eigenvalue weighted by Crippen LogP contribution is 2.45. The van der Waals surface area contributed by atoms with E-state index < -0.39 is 0 Å². The molecular formula is C17H26ClN. The Kier molecular flexibility index (Phi) is 5.29. The molecule has 1 fully saturated rings. The molecule has 1 aromatic carbocycles. The first kappa shape index (κ1) is 14.9. The molecule has 1 aliphatic carbocycles. The van der Waals surface area contributed by atoms with Gasteiger partial charge in [-0.05, 0) is 49.3 Å². The zero-order valence-corrected chi connectivity index (χ0v) is 13.0. The van der Waals surface area contributed by atoms with Gasteiger partial charge in [0.05, 0.1) is 0 Å². The Morgan fingerprint density at radius 2 is 1.89 bits per heavy atom. The van der Waals surface area contributed by atoms with Crippen LogP contribution in [0.2, 0.25) is 5.02 Å². The van der Waals surface area contributed by atoms with Gasteiger partial charge >= 0.3 is 0 Å². The van der Waals surface area contributed by atoms with Crippen molar-refractivity contribution < 1.29 is 0 Å². The SMILES string of the molecule is CCNC(Cc1ccccc1Cl)C1(CC)CCCC1. The summed E-state index contributed by atoms with van der Waals surface area (Å²) in [4.78, 5) is 0. The number of hydrogen-bond donors (Lipinski definition) is 1. The first-order valence-corrected chi connectivity index (χ1v) is 8.06. The van der Waals surface area contributed by atoms with Gasteiger partial charge in [-0.2, -0.15) is 0 Å². The van der Waals surface area contributed by atoms with Crippen molar-refractivity contribution in [2.75, 3.05) is 6.54 Å². The molecule has 1 aromatic rings. The van der Waals surface area contributed by atoms with Crippen LogP contribution in [0.4, 0.5) is 0 Å². The topological polar surface area (TPSA) is 12.0 Å². The summed E-state index contributed by atoms with van der Waals surface area (Å²) in [6.07, 6.45) is 7.84. The molecule has 0 aliphatic heterocycles. The lowest BCUT2D eigenvalue weighted by molar-refractivity contribution is 0.186. The molecule has 0 radical (unpaired) electrons. The van der Waals surface area contributed by atoms with E-state index in [1.54, 1.807) is 0 Å². The van der Waals surface area contributed by atoms with Crippen LogP contribution in [0.25, 0.3) is 0 Å². The summed E-state index contributed by atoms with van der Waals surface area (Å²) < 4.78 is 0. The molecule has 2 rings (SSSR count). The maximum atomic E-state index is 6.34. The van der Waals surface area contributed by atoms with Crippen LogP contribution in [0.15, 0.2) is 24.3 Å². The molecular weight excluding hydrogens is 254 g/mol. The van der Waals surface area contributed by atoms with Gasteiger partial charge in [0.2, 0.25) is 0 Å². The highest BCUT2D eigenvalue weighted by molar-refractivity contribution is 6.31. The van der Waals surface area contributed by atoms with Crippen LogP contribution in [-0.4, -0.2) is 12.6 Å². The number of rotatable bonds is 6. The smallest absolute Gasteiger partial charge is 0.0438 e. The van der Waals surface area contributed by atoms with Gasteiger partial charge in [0.15, 0.2) is 0 Å². The highest BCUT2D eigenvalue weighted by atomic mass is 35.5. The van der Waals surface area contributed by atoms with Crippen molar-refractivity contribution >= 4 is 11.6 Å². The number of likely N-dealkylation sites (N-methyl/N-ethyl adjacent to an activating group) is 1. The Hall–Kier alpha value is -0.530. The van der Waals surface area contributed by atoms with E-state index in [-0.39, 0.29) is 0 Å². The van der Waals surface area contributed by atoms with Crippen molar-refractivity contribution in [1.82, 2.24) is 5.32 Å². The first-order chi connectivity index (χ1) is 9.22. The van der Waals surface area contributed by atoms with Gasteiger partial charge in [0, 0.05) is 11.1 Å². The predicted octanol–water partition coefficient (Wildman–Crippen LogP) is 4.83. The Morgan fingerprint density at radius 3 is 2.47 bits per heavy atom. The van der Waals surface area contributed by atoms with E-state index in [1.807, 2.05) is 12.1 Å². The fraction of sp³-hybridized carbons (Fsp3) is 0.647. The van der Waals surface area contributed by atoms with E-state index in [1.165, 1.54) is 37.7 Å². The third kappa shape index (κ3) is 3.32. The van der Waals surface area contributed by atoms with Crippen LogP contribution >= 0.6 is 11.6 Å². The number of hydrogen-bond acceptors (Lipinski definition) is 1. The minimum Gasteiger partial charge on any atom is -0.313 e. The van der Waals surface area contributed by atoms with Crippen molar-refractivity contribution in [3.8, 4) is 0 Å². The molecule has 1 saturated carbocycles. The Labute approximate surface area is 122 Å². The fourth-order valence-electron chi connectivity index (χ4n) is 3.66. The predicted molar refractivity (Wildman–Crippen MR) is 83.8 cm³/mol. The van der Waals surface area contributed by atoms with E-state index in [9.17, 15) is 0 Å². The Balaban J connectivity index is 2.18. The molecule has 0 aromatic heterocycles. The molecule has 1 N–H and O–H groups in total. The summed E-state index contributed by atoms with van der Waals surface area (Å²) >= 11 is 6.34. The lowest BCUT2D eigenvalue weighted by Crippen LogP contribution is -2.45. The van der Waals surface area contributed by atoms with E-state index in [0.29, 0.717) is 11.5 Å². The first-order valence-electron chi connectivity index (χ1n) is 7.68. The highest BCUT2D eigenvalue weighted by Gasteiger charge is 2.39. The van der Waals surface area contributed by atoms with Crippen molar-refractivity contribution in [2.24, 2.45) is 5.41 Å². The van der Waals surface area contributed by atoms with Gasteiger partial charge < -0.3 is 5.32 Å². The van der Waals surface area contributed by atoms with Crippen LogP contribution in [-0.2, 0) is 6.42 Å². The van der Waals surface area contributed by atoms with Gasteiger partial charge in [0.25, 0.3) is 0 Å². The summed E-state index contributed by atoms with van der Waals surface area (Å²) in [5, 5.41) is 4.65. The molecule has 19 heavy (non-hydrogen) atoms. The third-order valence-corrected chi connectivity index (χ3v) is 5.24. The maximum Gasteiger partial charge on any atom is 0.0438 e. The normalized spacial score (nSPS) is 19.5. The quantitative estimate of drug-likeness (QED) is 0.786. The van der Waals surface area contributed by atoms with Crippen LogP contribution < -0.4 is 5.32 Å². The molecule has 0 amide bonds. The second kappa shape index (κ2) is 6.76. The average molecular weight is 280 g/mol. The van der Waals surface area contributed by atoms with Crippen LogP contribution in [0.1, 0.15) is 51.5 Å². The van der Waals surface area contributed by atoms with Gasteiger partial charge in [-0.1, -0.05) is 56.5 Å². The van der Waals surface area contributed by atoms with Gasteiger partial charge in [-0.25, -0.2) is 0 Å². The second-order valence-corrected chi connectivity index (χ2v) is 6.24. The third-order valence-electron chi connectivity index (χ3n) is 4.88. The summed E-state index contributed by atoms with van der Waals surface area (Å²) in [6.45, 7) is 5.59. The minimum atomic E-state index is 0.481. The average Bonchev–Trinajstić information content (AvgIpc) is 2.90. The summed E-state index contributed by atoms with van der Waals surface area (Å²) in [6, 6.07) is 8.85. The van der Waals surface area contributed by atoms with Crippen LogP contribution in [0, 0.1) is 5.41 Å². The zero-order chi connectivity index (χ0) is 13.7. The van der Waals surface area contributed by atoms with Gasteiger partial charge in [-0.3, -0.25) is 0 Å². The van der Waals surface area contributed by atoms with Crippen LogP contribution in [0.3, 0.4) is 0 Å². The molecule has 0 heterocycles. The number of benzene rings is 1. The van der Waals surface area contributed by atoms with Crippen LogP contribution in [0.5, 0.6) is 0 Å². The van der Waals surface area contributed by atoms with E-state index in [4.69, 9.17) is 11.6 Å². The lowest BCUT2D eigenvalue weighted by Gasteiger charge is -2.38. The van der Waals surface area contributed by atoms with Crippen molar-refractivity contribution in [2.45, 2.75) is 58.4 Å². The summed E-state index contributed by atoms with van der Waals surface area (Å²) in [7, 11) is 0. The molecule has 0 spiro atoms. The lowest BCUT2D eigenvalue weighted by atomic mass is 9.74. The monoisotopic (exact) mass is 279 g/mol. The Morgan fingerprint density at radius 1 is 1.21 bits per heavy atom. The molecule has 1 aliphatic rings. The number of halogens is 1. The van der Waals surface area contributed by atoms with Gasteiger partial charge in [0.1, 0.15) is 0 Å². The van der Waals surface area contributed by atoms with Gasteiger partial charge in [-0.15, -0.1) is 0 Å². The maximum absolute atomic E-state index is 6.34. The van der Waals surface area contributed by atoms with Crippen molar-refractivity contribution in [1.29, 1.82) is 0 Å². The number of nitrogens with one attached hydrogen (secondary N) is 1. The summed E-state index contributed by atoms with van der Waals surface area (Å²) in [5.41, 5.74) is 1.77.